The van der Waals surface area contributed by atoms with Gasteiger partial charge in [-0.05, 0) is 30.1 Å². The molecule has 1 rings (SSSR count). The van der Waals surface area contributed by atoms with Gasteiger partial charge in [-0.1, -0.05) is 32.6 Å². The Kier molecular flexibility index (Phi) is 9.37. The van der Waals surface area contributed by atoms with Gasteiger partial charge in [-0.2, -0.15) is 0 Å². The summed E-state index contributed by atoms with van der Waals surface area (Å²) in [5.41, 5.74) is 0.254. The molecule has 0 spiro atoms. The Balaban J connectivity index is 1.82. The Morgan fingerprint density at radius 3 is 2.50 bits per heavy atom. The lowest BCUT2D eigenvalue weighted by molar-refractivity contribution is 0.660. The molecule has 0 atom stereocenters. The maximum absolute atomic E-state index is 2.29. The van der Waals surface area contributed by atoms with Gasteiger partial charge in [0.1, 0.15) is 0 Å². The molecule has 0 aromatic rings. The lowest BCUT2D eigenvalue weighted by Gasteiger charge is -2.19. The minimum Gasteiger partial charge on any atom is -0.112 e. The van der Waals surface area contributed by atoms with E-state index in [4.69, 9.17) is 0 Å². The van der Waals surface area contributed by atoms with E-state index in [9.17, 15) is 0 Å². The maximum atomic E-state index is 2.29. The zero-order valence-corrected chi connectivity index (χ0v) is 12.4. The van der Waals surface area contributed by atoms with Crippen LogP contribution >= 0.6 is 39.7 Å². The standard InChI is InChI=1S/C10H21PS3/c1-2-3-4-5-6-8-12-11-13-9-7-10-14-11/h2-10H2,1H3. The fourth-order valence-electron chi connectivity index (χ4n) is 1.29. The Morgan fingerprint density at radius 2 is 1.79 bits per heavy atom. The molecular weight excluding hydrogens is 247 g/mol. The van der Waals surface area contributed by atoms with Gasteiger partial charge in [0.2, 0.25) is 0 Å². The highest BCUT2D eigenvalue weighted by molar-refractivity contribution is 9.12. The molecule has 1 aliphatic rings. The molecule has 0 aromatic carbocycles. The quantitative estimate of drug-likeness (QED) is 0.424. The average molecular weight is 268 g/mol. The normalized spacial score (nSPS) is 18.6. The third-order valence-corrected chi connectivity index (χ3v) is 13.4. The Hall–Kier alpha value is 1.48. The van der Waals surface area contributed by atoms with Gasteiger partial charge in [-0.25, -0.2) is 0 Å². The second kappa shape index (κ2) is 9.69. The summed E-state index contributed by atoms with van der Waals surface area (Å²) in [6.45, 7) is 2.29. The highest BCUT2D eigenvalue weighted by Crippen LogP contribution is 2.72. The minimum absolute atomic E-state index is 0.254. The molecule has 0 nitrogen and oxygen atoms in total. The van der Waals surface area contributed by atoms with Crippen molar-refractivity contribution in [1.29, 1.82) is 0 Å². The Labute approximate surface area is 102 Å². The van der Waals surface area contributed by atoms with E-state index in [1.807, 2.05) is 0 Å². The highest BCUT2D eigenvalue weighted by atomic mass is 33.4. The number of hydrogen-bond donors (Lipinski definition) is 0. The first-order valence-electron chi connectivity index (χ1n) is 5.62. The number of unbranched alkanes of at least 4 members (excludes halogenated alkanes) is 4. The van der Waals surface area contributed by atoms with Gasteiger partial charge in [0.25, 0.3) is 0 Å². The summed E-state index contributed by atoms with van der Waals surface area (Å²) in [4.78, 5) is 0. The fourth-order valence-corrected chi connectivity index (χ4v) is 12.2. The average Bonchev–Trinajstić information content (AvgIpc) is 2.25. The van der Waals surface area contributed by atoms with Crippen molar-refractivity contribution in [2.24, 2.45) is 0 Å². The van der Waals surface area contributed by atoms with Gasteiger partial charge in [0.05, 0.1) is 5.53 Å². The molecule has 0 bridgehead atoms. The molecule has 0 aliphatic carbocycles. The monoisotopic (exact) mass is 268 g/mol. The van der Waals surface area contributed by atoms with E-state index in [0.29, 0.717) is 0 Å². The summed E-state index contributed by atoms with van der Waals surface area (Å²) in [5.74, 6) is 4.25. The van der Waals surface area contributed by atoms with E-state index in [-0.39, 0.29) is 5.53 Å². The van der Waals surface area contributed by atoms with Crippen molar-refractivity contribution in [3.05, 3.63) is 0 Å². The van der Waals surface area contributed by atoms with Crippen LogP contribution in [0.25, 0.3) is 0 Å². The SMILES string of the molecule is CCCCCCCSP1SCCCS1. The molecule has 0 N–H and O–H groups in total. The molecule has 0 saturated carbocycles. The van der Waals surface area contributed by atoms with Crippen LogP contribution in [0.2, 0.25) is 0 Å². The highest BCUT2D eigenvalue weighted by Gasteiger charge is 2.14. The predicted molar refractivity (Wildman–Crippen MR) is 77.7 cm³/mol. The molecule has 84 valence electrons. The lowest BCUT2D eigenvalue weighted by Crippen LogP contribution is -1.87. The molecule has 1 fully saturated rings. The van der Waals surface area contributed by atoms with Crippen LogP contribution < -0.4 is 0 Å². The van der Waals surface area contributed by atoms with Crippen LogP contribution in [0.3, 0.4) is 0 Å². The second-order valence-corrected chi connectivity index (χ2v) is 13.6. The van der Waals surface area contributed by atoms with Gasteiger partial charge in [0.15, 0.2) is 0 Å². The van der Waals surface area contributed by atoms with Crippen LogP contribution in [0.5, 0.6) is 0 Å². The molecule has 0 aromatic heterocycles. The Bertz CT molecular complexity index is 127. The van der Waals surface area contributed by atoms with Crippen molar-refractivity contribution in [3.8, 4) is 0 Å². The van der Waals surface area contributed by atoms with Crippen LogP contribution in [0.15, 0.2) is 0 Å². The van der Waals surface area contributed by atoms with Crippen molar-refractivity contribution in [3.63, 3.8) is 0 Å². The fraction of sp³-hybridized carbons (Fsp3) is 1.00. The summed E-state index contributed by atoms with van der Waals surface area (Å²) in [5, 5.41) is 0. The van der Waals surface area contributed by atoms with Crippen molar-refractivity contribution in [1.82, 2.24) is 0 Å². The first-order valence-corrected chi connectivity index (χ1v) is 11.7. The van der Waals surface area contributed by atoms with Crippen LogP contribution in [0, 0.1) is 0 Å². The number of rotatable bonds is 7. The van der Waals surface area contributed by atoms with Gasteiger partial charge >= 0.3 is 0 Å². The summed E-state index contributed by atoms with van der Waals surface area (Å²) in [6, 6.07) is 0. The molecule has 0 amide bonds. The van der Waals surface area contributed by atoms with Crippen molar-refractivity contribution in [2.45, 2.75) is 45.4 Å². The van der Waals surface area contributed by atoms with Gasteiger partial charge in [0, 0.05) is 0 Å². The third-order valence-electron chi connectivity index (χ3n) is 2.13. The summed E-state index contributed by atoms with van der Waals surface area (Å²) >= 11 is 6.69. The molecule has 4 heteroatoms. The summed E-state index contributed by atoms with van der Waals surface area (Å²) < 4.78 is 0. The minimum atomic E-state index is 0.254. The maximum Gasteiger partial charge on any atom is 0.0729 e. The topological polar surface area (TPSA) is 0 Å². The molecule has 1 heterocycles. The van der Waals surface area contributed by atoms with Crippen molar-refractivity contribution < 1.29 is 0 Å². The van der Waals surface area contributed by atoms with E-state index < -0.39 is 0 Å². The third kappa shape index (κ3) is 6.87. The zero-order valence-electron chi connectivity index (χ0n) is 9.04. The van der Waals surface area contributed by atoms with Crippen molar-refractivity contribution in [2.75, 3.05) is 17.3 Å². The summed E-state index contributed by atoms with van der Waals surface area (Å²) in [6.07, 6.45) is 8.60. The van der Waals surface area contributed by atoms with Crippen LogP contribution in [0.4, 0.5) is 0 Å². The van der Waals surface area contributed by atoms with E-state index in [2.05, 4.69) is 41.1 Å². The summed E-state index contributed by atoms with van der Waals surface area (Å²) in [7, 11) is 0. The number of hydrogen-bond acceptors (Lipinski definition) is 3. The molecule has 1 aliphatic heterocycles. The van der Waals surface area contributed by atoms with Crippen LogP contribution in [0.1, 0.15) is 45.4 Å². The molecule has 14 heavy (non-hydrogen) atoms. The van der Waals surface area contributed by atoms with Crippen molar-refractivity contribution >= 4 is 39.7 Å². The van der Waals surface area contributed by atoms with Gasteiger partial charge in [-0.3, -0.25) is 0 Å². The molecular formula is C10H21PS3. The van der Waals surface area contributed by atoms with E-state index >= 15 is 0 Å². The van der Waals surface area contributed by atoms with Crippen LogP contribution in [-0.4, -0.2) is 17.3 Å². The molecule has 0 unspecified atom stereocenters. The van der Waals surface area contributed by atoms with E-state index in [1.54, 1.807) is 0 Å². The molecule has 0 radical (unpaired) electrons. The second-order valence-electron chi connectivity index (χ2n) is 3.49. The van der Waals surface area contributed by atoms with Gasteiger partial charge in [-0.15, -0.1) is 34.1 Å². The lowest BCUT2D eigenvalue weighted by atomic mass is 10.2. The Morgan fingerprint density at radius 1 is 1.07 bits per heavy atom. The van der Waals surface area contributed by atoms with Crippen LogP contribution in [-0.2, 0) is 0 Å². The largest absolute Gasteiger partial charge is 0.112 e. The zero-order chi connectivity index (χ0) is 10.1. The predicted octanol–water partition coefficient (Wildman–Crippen LogP) is 5.79. The van der Waals surface area contributed by atoms with Gasteiger partial charge < -0.3 is 0 Å². The van der Waals surface area contributed by atoms with E-state index in [1.165, 1.54) is 55.8 Å². The van der Waals surface area contributed by atoms with E-state index in [0.717, 1.165) is 0 Å². The smallest absolute Gasteiger partial charge is 0.0729 e. The molecule has 1 saturated heterocycles. The first kappa shape index (κ1) is 13.5. The first-order chi connectivity index (χ1) is 6.93.